The topological polar surface area (TPSA) is 44.8 Å². The molecule has 0 aromatic carbocycles. The Hall–Kier alpha value is -0.650. The first-order chi connectivity index (χ1) is 8.01. The summed E-state index contributed by atoms with van der Waals surface area (Å²) in [4.78, 5) is 15.8. The smallest absolute Gasteiger partial charge is 0.322 e. The molecule has 0 saturated carbocycles. The average Bonchev–Trinajstić information content (AvgIpc) is 2.28. The van der Waals surface area contributed by atoms with Crippen LogP contribution in [0.5, 0.6) is 0 Å². The molecular weight excluding hydrogens is 218 g/mol. The van der Waals surface area contributed by atoms with E-state index in [-0.39, 0.29) is 12.0 Å². The van der Waals surface area contributed by atoms with E-state index in [0.29, 0.717) is 0 Å². The molecule has 0 spiro atoms. The molecule has 102 valence electrons. The molecule has 0 fully saturated rings. The van der Waals surface area contributed by atoms with Gasteiger partial charge in [-0.2, -0.15) is 0 Å². The van der Waals surface area contributed by atoms with E-state index in [0.717, 1.165) is 32.5 Å². The van der Waals surface area contributed by atoms with E-state index >= 15 is 0 Å². The molecule has 17 heavy (non-hydrogen) atoms. The molecule has 0 saturated heterocycles. The molecule has 0 aliphatic heterocycles. The zero-order valence-corrected chi connectivity index (χ0v) is 11.8. The van der Waals surface area contributed by atoms with Crippen molar-refractivity contribution in [2.45, 2.75) is 18.9 Å². The number of carbonyl (C=O) groups excluding carboxylic acids is 1. The standard InChI is InChI=1S/C12H27N3O2/c1-13-11(12(16)17-5)7-10-15(4)9-6-8-14(2)3/h11,13H,6-10H2,1-5H3. The molecule has 0 heterocycles. The van der Waals surface area contributed by atoms with Gasteiger partial charge in [-0.25, -0.2) is 0 Å². The number of nitrogens with zero attached hydrogens (tertiary/aromatic N) is 2. The van der Waals surface area contributed by atoms with E-state index in [2.05, 4.69) is 36.3 Å². The highest BCUT2D eigenvalue weighted by Gasteiger charge is 2.16. The van der Waals surface area contributed by atoms with Crippen LogP contribution < -0.4 is 5.32 Å². The lowest BCUT2D eigenvalue weighted by Gasteiger charge is -2.20. The number of ether oxygens (including phenoxy) is 1. The van der Waals surface area contributed by atoms with E-state index < -0.39 is 0 Å². The first-order valence-electron chi connectivity index (χ1n) is 6.09. The Morgan fingerprint density at radius 1 is 1.24 bits per heavy atom. The van der Waals surface area contributed by atoms with Crippen molar-refractivity contribution >= 4 is 5.97 Å². The first-order valence-corrected chi connectivity index (χ1v) is 6.09. The number of carbonyl (C=O) groups is 1. The van der Waals surface area contributed by atoms with Crippen molar-refractivity contribution in [3.05, 3.63) is 0 Å². The quantitative estimate of drug-likeness (QED) is 0.580. The summed E-state index contributed by atoms with van der Waals surface area (Å²) in [7, 11) is 9.45. The summed E-state index contributed by atoms with van der Waals surface area (Å²) in [6, 6.07) is -0.198. The molecule has 1 unspecified atom stereocenters. The van der Waals surface area contributed by atoms with Gasteiger partial charge in [0.2, 0.25) is 0 Å². The highest BCUT2D eigenvalue weighted by molar-refractivity contribution is 5.75. The predicted molar refractivity (Wildman–Crippen MR) is 70.1 cm³/mol. The number of likely N-dealkylation sites (N-methyl/N-ethyl adjacent to an activating group) is 1. The van der Waals surface area contributed by atoms with Crippen molar-refractivity contribution in [1.29, 1.82) is 0 Å². The Balaban J connectivity index is 3.73. The molecule has 0 rings (SSSR count). The molecule has 5 nitrogen and oxygen atoms in total. The molecule has 0 radical (unpaired) electrons. The molecule has 0 amide bonds. The third-order valence-corrected chi connectivity index (χ3v) is 2.78. The fourth-order valence-corrected chi connectivity index (χ4v) is 1.64. The number of hydrogen-bond donors (Lipinski definition) is 1. The molecule has 0 aromatic rings. The second-order valence-electron chi connectivity index (χ2n) is 4.61. The molecule has 0 bridgehead atoms. The summed E-state index contributed by atoms with van der Waals surface area (Å²) >= 11 is 0. The number of methoxy groups -OCH3 is 1. The van der Waals surface area contributed by atoms with Gasteiger partial charge < -0.3 is 19.9 Å². The highest BCUT2D eigenvalue weighted by atomic mass is 16.5. The minimum absolute atomic E-state index is 0.186. The van der Waals surface area contributed by atoms with Crippen LogP contribution in [0.4, 0.5) is 0 Å². The van der Waals surface area contributed by atoms with E-state index in [9.17, 15) is 4.79 Å². The maximum atomic E-state index is 11.3. The lowest BCUT2D eigenvalue weighted by atomic mass is 10.2. The van der Waals surface area contributed by atoms with Crippen molar-refractivity contribution in [1.82, 2.24) is 15.1 Å². The minimum Gasteiger partial charge on any atom is -0.468 e. The zero-order valence-electron chi connectivity index (χ0n) is 11.8. The van der Waals surface area contributed by atoms with Crippen LogP contribution in [-0.4, -0.2) is 76.7 Å². The monoisotopic (exact) mass is 245 g/mol. The number of nitrogens with one attached hydrogen (secondary N) is 1. The summed E-state index contributed by atoms with van der Waals surface area (Å²) < 4.78 is 4.72. The number of esters is 1. The van der Waals surface area contributed by atoms with Crippen LogP contribution in [0.25, 0.3) is 0 Å². The Kier molecular flexibility index (Phi) is 9.03. The van der Waals surface area contributed by atoms with Gasteiger partial charge in [-0.3, -0.25) is 4.79 Å². The van der Waals surface area contributed by atoms with Gasteiger partial charge in [0.15, 0.2) is 0 Å². The van der Waals surface area contributed by atoms with Gasteiger partial charge in [0.1, 0.15) is 6.04 Å². The van der Waals surface area contributed by atoms with Gasteiger partial charge in [-0.1, -0.05) is 0 Å². The summed E-state index contributed by atoms with van der Waals surface area (Å²) in [5.74, 6) is -0.186. The van der Waals surface area contributed by atoms with Crippen molar-refractivity contribution in [2.24, 2.45) is 0 Å². The minimum atomic E-state index is -0.198. The van der Waals surface area contributed by atoms with Crippen LogP contribution in [0.2, 0.25) is 0 Å². The summed E-state index contributed by atoms with van der Waals surface area (Å²) in [6.07, 6.45) is 1.92. The van der Waals surface area contributed by atoms with Crippen LogP contribution in [0, 0.1) is 0 Å². The third-order valence-electron chi connectivity index (χ3n) is 2.78. The molecular formula is C12H27N3O2. The normalized spacial score (nSPS) is 13.1. The second-order valence-corrected chi connectivity index (χ2v) is 4.61. The van der Waals surface area contributed by atoms with Crippen LogP contribution in [0.3, 0.4) is 0 Å². The number of rotatable bonds is 9. The maximum Gasteiger partial charge on any atom is 0.322 e. The Labute approximate surface area is 105 Å². The number of hydrogen-bond acceptors (Lipinski definition) is 5. The van der Waals surface area contributed by atoms with E-state index in [4.69, 9.17) is 4.74 Å². The van der Waals surface area contributed by atoms with Crippen molar-refractivity contribution in [2.75, 3.05) is 54.9 Å². The fourth-order valence-electron chi connectivity index (χ4n) is 1.64. The lowest BCUT2D eigenvalue weighted by Crippen LogP contribution is -2.38. The summed E-state index contributed by atoms with van der Waals surface area (Å²) in [5.41, 5.74) is 0. The Bertz CT molecular complexity index is 210. The molecule has 1 N–H and O–H groups in total. The summed E-state index contributed by atoms with van der Waals surface area (Å²) in [5, 5.41) is 2.97. The average molecular weight is 245 g/mol. The van der Waals surface area contributed by atoms with Gasteiger partial charge in [0.05, 0.1) is 7.11 Å². The van der Waals surface area contributed by atoms with Crippen molar-refractivity contribution < 1.29 is 9.53 Å². The third kappa shape index (κ3) is 8.12. The van der Waals surface area contributed by atoms with Gasteiger partial charge in [0, 0.05) is 0 Å². The van der Waals surface area contributed by atoms with Gasteiger partial charge in [-0.15, -0.1) is 0 Å². The SMILES string of the molecule is CNC(CCN(C)CCCN(C)C)C(=O)OC. The van der Waals surface area contributed by atoms with E-state index in [1.807, 2.05) is 0 Å². The van der Waals surface area contributed by atoms with Crippen LogP contribution >= 0.6 is 0 Å². The van der Waals surface area contributed by atoms with Crippen molar-refractivity contribution in [3.8, 4) is 0 Å². The molecule has 0 aliphatic carbocycles. The van der Waals surface area contributed by atoms with E-state index in [1.165, 1.54) is 7.11 Å². The van der Waals surface area contributed by atoms with E-state index in [1.54, 1.807) is 7.05 Å². The van der Waals surface area contributed by atoms with Crippen LogP contribution in [0.15, 0.2) is 0 Å². The zero-order chi connectivity index (χ0) is 13.3. The Morgan fingerprint density at radius 2 is 1.88 bits per heavy atom. The molecule has 1 atom stereocenters. The van der Waals surface area contributed by atoms with Crippen LogP contribution in [-0.2, 0) is 9.53 Å². The highest BCUT2D eigenvalue weighted by Crippen LogP contribution is 1.98. The second kappa shape index (κ2) is 9.39. The molecule has 0 aromatic heterocycles. The lowest BCUT2D eigenvalue weighted by molar-refractivity contribution is -0.143. The Morgan fingerprint density at radius 3 is 2.35 bits per heavy atom. The fraction of sp³-hybridized carbons (Fsp3) is 0.917. The van der Waals surface area contributed by atoms with Gasteiger partial charge >= 0.3 is 5.97 Å². The molecule has 5 heteroatoms. The van der Waals surface area contributed by atoms with Gasteiger partial charge in [0.25, 0.3) is 0 Å². The maximum absolute atomic E-state index is 11.3. The van der Waals surface area contributed by atoms with Gasteiger partial charge in [-0.05, 0) is 60.7 Å². The van der Waals surface area contributed by atoms with Crippen LogP contribution in [0.1, 0.15) is 12.8 Å². The largest absolute Gasteiger partial charge is 0.468 e. The molecule has 0 aliphatic rings. The summed E-state index contributed by atoms with van der Waals surface area (Å²) in [6.45, 7) is 3.04. The van der Waals surface area contributed by atoms with Crippen molar-refractivity contribution in [3.63, 3.8) is 0 Å². The first kappa shape index (κ1) is 16.4. The predicted octanol–water partition coefficient (Wildman–Crippen LogP) is 0.0210.